The van der Waals surface area contributed by atoms with E-state index in [4.69, 9.17) is 0 Å². The van der Waals surface area contributed by atoms with Crippen LogP contribution in [0.5, 0.6) is 0 Å². The van der Waals surface area contributed by atoms with Crippen molar-refractivity contribution in [2.24, 2.45) is 0 Å². The Hall–Kier alpha value is -3.74. The second-order valence-electron chi connectivity index (χ2n) is 7.68. The van der Waals surface area contributed by atoms with Crippen molar-refractivity contribution in [3.8, 4) is 0 Å². The molecule has 0 atom stereocenters. The summed E-state index contributed by atoms with van der Waals surface area (Å²) in [5.41, 5.74) is 3.50. The monoisotopic (exact) mass is 415 g/mol. The van der Waals surface area contributed by atoms with Crippen molar-refractivity contribution < 1.29 is 9.59 Å². The molecule has 2 N–H and O–H groups in total. The van der Waals surface area contributed by atoms with Crippen molar-refractivity contribution in [3.63, 3.8) is 0 Å². The highest BCUT2D eigenvalue weighted by molar-refractivity contribution is 6.05. The molecule has 1 fully saturated rings. The highest BCUT2D eigenvalue weighted by Crippen LogP contribution is 2.22. The van der Waals surface area contributed by atoms with Crippen molar-refractivity contribution >= 4 is 34.8 Å². The van der Waals surface area contributed by atoms with Crippen LogP contribution in [-0.2, 0) is 0 Å². The van der Waals surface area contributed by atoms with E-state index >= 15 is 0 Å². The number of aryl methyl sites for hydroxylation is 1. The molecule has 1 aromatic heterocycles. The van der Waals surface area contributed by atoms with Crippen LogP contribution in [0.15, 0.2) is 54.6 Å². The summed E-state index contributed by atoms with van der Waals surface area (Å²) < 4.78 is 0. The molecule has 158 valence electrons. The van der Waals surface area contributed by atoms with Gasteiger partial charge in [-0.15, -0.1) is 0 Å². The Morgan fingerprint density at radius 2 is 1.48 bits per heavy atom. The molecule has 3 aromatic rings. The van der Waals surface area contributed by atoms with Crippen LogP contribution in [0.1, 0.15) is 46.2 Å². The summed E-state index contributed by atoms with van der Waals surface area (Å²) in [5, 5.41) is 6.11. The minimum atomic E-state index is -0.229. The molecule has 1 saturated heterocycles. The maximum Gasteiger partial charge on any atom is 0.255 e. The van der Waals surface area contributed by atoms with Crippen LogP contribution in [0, 0.1) is 6.92 Å². The molecule has 2 aromatic carbocycles. The molecule has 7 nitrogen and oxygen atoms in total. The summed E-state index contributed by atoms with van der Waals surface area (Å²) >= 11 is 0. The Bertz CT molecular complexity index is 1090. The minimum absolute atomic E-state index is 0.0276. The Kier molecular flexibility index (Phi) is 5.93. The van der Waals surface area contributed by atoms with Gasteiger partial charge >= 0.3 is 0 Å². The third kappa shape index (κ3) is 5.06. The molecule has 4 rings (SSSR count). The van der Waals surface area contributed by atoms with Crippen LogP contribution < -0.4 is 15.5 Å². The highest BCUT2D eigenvalue weighted by atomic mass is 16.1. The van der Waals surface area contributed by atoms with Gasteiger partial charge in [-0.25, -0.2) is 4.98 Å². The van der Waals surface area contributed by atoms with Gasteiger partial charge in [-0.05, 0) is 63.1 Å². The number of carbonyl (C=O) groups is 2. The van der Waals surface area contributed by atoms with E-state index in [1.807, 2.05) is 37.3 Å². The van der Waals surface area contributed by atoms with Crippen molar-refractivity contribution in [3.05, 3.63) is 71.4 Å². The summed E-state index contributed by atoms with van der Waals surface area (Å²) in [5.74, 6) is 1.25. The van der Waals surface area contributed by atoms with E-state index in [0.29, 0.717) is 22.8 Å². The van der Waals surface area contributed by atoms with Crippen LogP contribution in [-0.4, -0.2) is 34.7 Å². The Morgan fingerprint density at radius 1 is 0.871 bits per heavy atom. The number of rotatable bonds is 6. The SMILES string of the molecule is CC(=O)c1ccc(C(=O)Nc2ccc(Nc3nc(C)cc(N4CCCC4)n3)cc2)cc1. The molecule has 0 saturated carbocycles. The van der Waals surface area contributed by atoms with Gasteiger partial charge < -0.3 is 15.5 Å². The fraction of sp³-hybridized carbons (Fsp3) is 0.250. The van der Waals surface area contributed by atoms with E-state index in [0.717, 1.165) is 30.3 Å². The maximum atomic E-state index is 12.4. The minimum Gasteiger partial charge on any atom is -0.356 e. The van der Waals surface area contributed by atoms with Gasteiger partial charge in [0.05, 0.1) is 0 Å². The zero-order valence-corrected chi connectivity index (χ0v) is 17.7. The largest absolute Gasteiger partial charge is 0.356 e. The standard InChI is InChI=1S/C24H25N5O2/c1-16-15-22(29-13-3-4-14-29)28-24(25-16)27-21-11-9-20(10-12-21)26-23(31)19-7-5-18(6-8-19)17(2)30/h5-12,15H,3-4,13-14H2,1-2H3,(H,26,31)(H,25,27,28). The summed E-state index contributed by atoms with van der Waals surface area (Å²) in [4.78, 5) is 35.2. The molecular weight excluding hydrogens is 390 g/mol. The van der Waals surface area contributed by atoms with E-state index in [2.05, 4.69) is 25.5 Å². The summed E-state index contributed by atoms with van der Waals surface area (Å²) in [7, 11) is 0. The average Bonchev–Trinajstić information content (AvgIpc) is 3.30. The van der Waals surface area contributed by atoms with E-state index < -0.39 is 0 Å². The van der Waals surface area contributed by atoms with Gasteiger partial charge in [-0.3, -0.25) is 9.59 Å². The zero-order valence-electron chi connectivity index (χ0n) is 17.7. The lowest BCUT2D eigenvalue weighted by Gasteiger charge is -2.17. The zero-order chi connectivity index (χ0) is 21.8. The number of amides is 1. The molecular formula is C24H25N5O2. The predicted octanol–water partition coefficient (Wildman–Crippen LogP) is 4.58. The molecule has 31 heavy (non-hydrogen) atoms. The number of nitrogens with zero attached hydrogens (tertiary/aromatic N) is 3. The normalized spacial score (nSPS) is 13.2. The third-order valence-corrected chi connectivity index (χ3v) is 5.22. The fourth-order valence-electron chi connectivity index (χ4n) is 3.54. The second kappa shape index (κ2) is 8.95. The van der Waals surface area contributed by atoms with Gasteiger partial charge in [0.15, 0.2) is 5.78 Å². The Morgan fingerprint density at radius 3 is 2.13 bits per heavy atom. The second-order valence-corrected chi connectivity index (χ2v) is 7.68. The average molecular weight is 415 g/mol. The van der Waals surface area contributed by atoms with E-state index in [9.17, 15) is 9.59 Å². The van der Waals surface area contributed by atoms with Gasteiger partial charge in [-0.1, -0.05) is 12.1 Å². The maximum absolute atomic E-state index is 12.4. The molecule has 1 aliphatic heterocycles. The summed E-state index contributed by atoms with van der Waals surface area (Å²) in [6.45, 7) is 5.53. The first-order chi connectivity index (χ1) is 15.0. The number of hydrogen-bond donors (Lipinski definition) is 2. The smallest absolute Gasteiger partial charge is 0.255 e. The first-order valence-electron chi connectivity index (χ1n) is 10.4. The van der Waals surface area contributed by atoms with Crippen LogP contribution in [0.25, 0.3) is 0 Å². The van der Waals surface area contributed by atoms with E-state index in [1.54, 1.807) is 24.3 Å². The van der Waals surface area contributed by atoms with Gasteiger partial charge in [0.1, 0.15) is 5.82 Å². The predicted molar refractivity (Wildman–Crippen MR) is 122 cm³/mol. The van der Waals surface area contributed by atoms with Crippen molar-refractivity contribution in [2.75, 3.05) is 28.6 Å². The van der Waals surface area contributed by atoms with E-state index in [1.165, 1.54) is 19.8 Å². The van der Waals surface area contributed by atoms with Crippen molar-refractivity contribution in [1.82, 2.24) is 9.97 Å². The number of aromatic nitrogens is 2. The van der Waals surface area contributed by atoms with Gasteiger partial charge in [0.2, 0.25) is 5.95 Å². The van der Waals surface area contributed by atoms with Gasteiger partial charge in [0.25, 0.3) is 5.91 Å². The molecule has 7 heteroatoms. The molecule has 0 aliphatic carbocycles. The first kappa shape index (κ1) is 20.5. The molecule has 2 heterocycles. The molecule has 0 radical (unpaired) electrons. The fourth-order valence-corrected chi connectivity index (χ4v) is 3.54. The Labute approximate surface area is 181 Å². The third-order valence-electron chi connectivity index (χ3n) is 5.22. The van der Waals surface area contributed by atoms with Gasteiger partial charge in [-0.2, -0.15) is 4.98 Å². The molecule has 1 amide bonds. The van der Waals surface area contributed by atoms with Gasteiger partial charge in [0, 0.05) is 47.4 Å². The summed E-state index contributed by atoms with van der Waals surface area (Å²) in [6, 6.07) is 16.0. The molecule has 1 aliphatic rings. The lowest BCUT2D eigenvalue weighted by Crippen LogP contribution is -2.19. The quantitative estimate of drug-likeness (QED) is 0.573. The molecule has 0 spiro atoms. The number of ketones is 1. The number of Topliss-reactive ketones (excluding diaryl/α,β-unsaturated/α-hetero) is 1. The number of carbonyl (C=O) groups excluding carboxylic acids is 2. The lowest BCUT2D eigenvalue weighted by molar-refractivity contribution is 0.101. The van der Waals surface area contributed by atoms with Crippen LogP contribution >= 0.6 is 0 Å². The first-order valence-corrected chi connectivity index (χ1v) is 10.4. The topological polar surface area (TPSA) is 87.2 Å². The van der Waals surface area contributed by atoms with Crippen LogP contribution in [0.4, 0.5) is 23.1 Å². The lowest BCUT2D eigenvalue weighted by atomic mass is 10.1. The number of anilines is 4. The highest BCUT2D eigenvalue weighted by Gasteiger charge is 2.15. The van der Waals surface area contributed by atoms with Crippen LogP contribution in [0.2, 0.25) is 0 Å². The van der Waals surface area contributed by atoms with Crippen molar-refractivity contribution in [1.29, 1.82) is 0 Å². The van der Waals surface area contributed by atoms with Crippen LogP contribution in [0.3, 0.4) is 0 Å². The number of nitrogens with one attached hydrogen (secondary N) is 2. The summed E-state index contributed by atoms with van der Waals surface area (Å²) in [6.07, 6.45) is 2.39. The number of hydrogen-bond acceptors (Lipinski definition) is 6. The van der Waals surface area contributed by atoms with Crippen molar-refractivity contribution in [2.45, 2.75) is 26.7 Å². The Balaban J connectivity index is 1.41. The molecule has 0 bridgehead atoms. The van der Waals surface area contributed by atoms with E-state index in [-0.39, 0.29) is 11.7 Å². The number of benzene rings is 2. The molecule has 0 unspecified atom stereocenters.